The number of aliphatic hydroxyl groups is 1. The molecular weight excluding hydrogens is 198 g/mol. The summed E-state index contributed by atoms with van der Waals surface area (Å²) in [5.74, 6) is 0. The quantitative estimate of drug-likeness (QED) is 0.836. The fourth-order valence-corrected chi connectivity index (χ4v) is 2.23. The molecule has 2 aromatic rings. The molecule has 0 aliphatic heterocycles. The molecule has 1 fully saturated rings. The number of fused-ring (bicyclic) bond motifs is 1. The summed E-state index contributed by atoms with van der Waals surface area (Å²) in [4.78, 5) is 0. The molecule has 0 bridgehead atoms. The van der Waals surface area contributed by atoms with Gasteiger partial charge in [-0.25, -0.2) is 0 Å². The van der Waals surface area contributed by atoms with Crippen LogP contribution in [0.15, 0.2) is 30.5 Å². The van der Waals surface area contributed by atoms with E-state index >= 15 is 0 Å². The van der Waals surface area contributed by atoms with Gasteiger partial charge in [0.1, 0.15) is 0 Å². The molecule has 84 valence electrons. The molecule has 1 aromatic heterocycles. The van der Waals surface area contributed by atoms with Gasteiger partial charge in [-0.2, -0.15) is 0 Å². The zero-order valence-corrected chi connectivity index (χ0v) is 9.61. The molecular formula is C14H17NO. The van der Waals surface area contributed by atoms with Gasteiger partial charge in [0.15, 0.2) is 0 Å². The van der Waals surface area contributed by atoms with Crippen LogP contribution >= 0.6 is 0 Å². The fourth-order valence-electron chi connectivity index (χ4n) is 2.23. The highest BCUT2D eigenvalue weighted by Gasteiger charge is 2.39. The Morgan fingerprint density at radius 1 is 1.31 bits per heavy atom. The lowest BCUT2D eigenvalue weighted by molar-refractivity contribution is 0.140. The highest BCUT2D eigenvalue weighted by atomic mass is 16.3. The monoisotopic (exact) mass is 215 g/mol. The number of hydrogen-bond acceptors (Lipinski definition) is 1. The summed E-state index contributed by atoms with van der Waals surface area (Å²) in [5, 5.41) is 11.1. The molecule has 0 radical (unpaired) electrons. The van der Waals surface area contributed by atoms with Gasteiger partial charge in [-0.3, -0.25) is 0 Å². The first-order valence-corrected chi connectivity index (χ1v) is 5.93. The number of aromatic nitrogens is 1. The third-order valence-corrected chi connectivity index (χ3v) is 3.66. The average molecular weight is 215 g/mol. The molecule has 0 atom stereocenters. The standard InChI is InChI=1S/C14H17NO/c1-15-9-5-12-3-2-11(10-13(12)15)4-6-14(16)7-8-14/h2-3,5,9-10,16H,4,6-8H2,1H3. The smallest absolute Gasteiger partial charge is 0.0653 e. The molecule has 2 heteroatoms. The van der Waals surface area contributed by atoms with Crippen LogP contribution in [-0.2, 0) is 13.5 Å². The first kappa shape index (κ1) is 9.91. The zero-order valence-electron chi connectivity index (χ0n) is 9.61. The molecule has 0 saturated heterocycles. The Morgan fingerprint density at radius 3 is 2.88 bits per heavy atom. The van der Waals surface area contributed by atoms with Crippen molar-refractivity contribution in [3.8, 4) is 0 Å². The molecule has 16 heavy (non-hydrogen) atoms. The largest absolute Gasteiger partial charge is 0.390 e. The van der Waals surface area contributed by atoms with Gasteiger partial charge >= 0.3 is 0 Å². The molecule has 0 amide bonds. The van der Waals surface area contributed by atoms with Crippen molar-refractivity contribution in [1.82, 2.24) is 4.57 Å². The Labute approximate surface area is 95.5 Å². The van der Waals surface area contributed by atoms with Crippen LogP contribution in [0.5, 0.6) is 0 Å². The van der Waals surface area contributed by atoms with Crippen molar-refractivity contribution in [3.63, 3.8) is 0 Å². The van der Waals surface area contributed by atoms with Gasteiger partial charge in [0, 0.05) is 18.8 Å². The molecule has 1 aliphatic rings. The van der Waals surface area contributed by atoms with Crippen LogP contribution in [0, 0.1) is 0 Å². The van der Waals surface area contributed by atoms with E-state index in [0.29, 0.717) is 0 Å². The first-order valence-electron chi connectivity index (χ1n) is 5.93. The summed E-state index contributed by atoms with van der Waals surface area (Å²) in [5.41, 5.74) is 2.28. The number of nitrogens with zero attached hydrogens (tertiary/aromatic N) is 1. The van der Waals surface area contributed by atoms with Gasteiger partial charge in [0.05, 0.1) is 5.60 Å². The van der Waals surface area contributed by atoms with Crippen molar-refractivity contribution >= 4 is 10.9 Å². The first-order chi connectivity index (χ1) is 7.66. The van der Waals surface area contributed by atoms with Crippen molar-refractivity contribution in [2.45, 2.75) is 31.3 Å². The van der Waals surface area contributed by atoms with Crippen molar-refractivity contribution in [3.05, 3.63) is 36.0 Å². The number of aryl methyl sites for hydroxylation is 2. The van der Waals surface area contributed by atoms with E-state index in [0.717, 1.165) is 25.7 Å². The zero-order chi connectivity index (χ0) is 11.2. The average Bonchev–Trinajstić information content (AvgIpc) is 2.92. The molecule has 1 heterocycles. The van der Waals surface area contributed by atoms with Crippen molar-refractivity contribution in [2.75, 3.05) is 0 Å². The Kier molecular flexibility index (Phi) is 2.08. The maximum absolute atomic E-state index is 9.81. The van der Waals surface area contributed by atoms with Crippen LogP contribution in [0.3, 0.4) is 0 Å². The summed E-state index contributed by atoms with van der Waals surface area (Å²) in [6.07, 6.45) is 5.95. The van der Waals surface area contributed by atoms with Gasteiger partial charge in [-0.05, 0) is 48.8 Å². The lowest BCUT2D eigenvalue weighted by Crippen LogP contribution is -2.07. The molecule has 0 spiro atoms. The summed E-state index contributed by atoms with van der Waals surface area (Å²) in [7, 11) is 2.07. The minimum Gasteiger partial charge on any atom is -0.390 e. The normalized spacial score (nSPS) is 17.9. The minimum atomic E-state index is -0.330. The van der Waals surface area contributed by atoms with Gasteiger partial charge in [-0.15, -0.1) is 0 Å². The summed E-state index contributed by atoms with van der Waals surface area (Å²) in [6.45, 7) is 0. The third kappa shape index (κ3) is 1.74. The molecule has 1 aromatic carbocycles. The van der Waals surface area contributed by atoms with Crippen molar-refractivity contribution in [1.29, 1.82) is 0 Å². The lowest BCUT2D eigenvalue weighted by Gasteiger charge is -2.07. The van der Waals surface area contributed by atoms with Crippen LogP contribution in [0.2, 0.25) is 0 Å². The SMILES string of the molecule is Cn1ccc2ccc(CCC3(O)CC3)cc21. The van der Waals surface area contributed by atoms with E-state index in [2.05, 4.69) is 42.1 Å². The second-order valence-electron chi connectivity index (χ2n) is 5.04. The van der Waals surface area contributed by atoms with Gasteiger partial charge in [0.25, 0.3) is 0 Å². The van der Waals surface area contributed by atoms with Gasteiger partial charge in [0.2, 0.25) is 0 Å². The third-order valence-electron chi connectivity index (χ3n) is 3.66. The number of hydrogen-bond donors (Lipinski definition) is 1. The van der Waals surface area contributed by atoms with Crippen LogP contribution in [0.25, 0.3) is 10.9 Å². The molecule has 2 nitrogen and oxygen atoms in total. The Hall–Kier alpha value is -1.28. The highest BCUT2D eigenvalue weighted by Crippen LogP contribution is 2.39. The fraction of sp³-hybridized carbons (Fsp3) is 0.429. The number of rotatable bonds is 3. The van der Waals surface area contributed by atoms with E-state index < -0.39 is 0 Å². The topological polar surface area (TPSA) is 25.2 Å². The minimum absolute atomic E-state index is 0.330. The van der Waals surface area contributed by atoms with E-state index in [1.807, 2.05) is 0 Å². The summed E-state index contributed by atoms with van der Waals surface area (Å²) < 4.78 is 2.14. The van der Waals surface area contributed by atoms with Gasteiger partial charge < -0.3 is 9.67 Å². The second kappa shape index (κ2) is 3.36. The van der Waals surface area contributed by atoms with E-state index in [-0.39, 0.29) is 5.60 Å². The van der Waals surface area contributed by atoms with E-state index in [1.54, 1.807) is 0 Å². The maximum atomic E-state index is 9.81. The van der Waals surface area contributed by atoms with Crippen molar-refractivity contribution in [2.24, 2.45) is 7.05 Å². The van der Waals surface area contributed by atoms with Crippen LogP contribution < -0.4 is 0 Å². The second-order valence-corrected chi connectivity index (χ2v) is 5.04. The lowest BCUT2D eigenvalue weighted by atomic mass is 10.0. The summed E-state index contributed by atoms with van der Waals surface area (Å²) in [6, 6.07) is 8.71. The Bertz CT molecular complexity index is 523. The van der Waals surface area contributed by atoms with Crippen molar-refractivity contribution < 1.29 is 5.11 Å². The highest BCUT2D eigenvalue weighted by molar-refractivity contribution is 5.80. The molecule has 1 N–H and O–H groups in total. The molecule has 0 unspecified atom stereocenters. The van der Waals surface area contributed by atoms with Crippen LogP contribution in [-0.4, -0.2) is 15.3 Å². The van der Waals surface area contributed by atoms with E-state index in [9.17, 15) is 5.11 Å². The molecule has 1 aliphatic carbocycles. The van der Waals surface area contributed by atoms with Gasteiger partial charge in [-0.1, -0.05) is 12.1 Å². The van der Waals surface area contributed by atoms with Crippen LogP contribution in [0.1, 0.15) is 24.8 Å². The van der Waals surface area contributed by atoms with E-state index in [1.165, 1.54) is 16.5 Å². The predicted octanol–water partition coefficient (Wildman–Crippen LogP) is 2.64. The number of benzene rings is 1. The van der Waals surface area contributed by atoms with Crippen LogP contribution in [0.4, 0.5) is 0 Å². The Balaban J connectivity index is 1.83. The molecule has 3 rings (SSSR count). The Morgan fingerprint density at radius 2 is 2.12 bits per heavy atom. The maximum Gasteiger partial charge on any atom is 0.0653 e. The summed E-state index contributed by atoms with van der Waals surface area (Å²) >= 11 is 0. The molecule has 1 saturated carbocycles. The van der Waals surface area contributed by atoms with E-state index in [4.69, 9.17) is 0 Å². The predicted molar refractivity (Wildman–Crippen MR) is 65.4 cm³/mol.